The number of imide groups is 1. The number of rotatable bonds is 4. The van der Waals surface area contributed by atoms with Gasteiger partial charge in [0.1, 0.15) is 18.2 Å². The van der Waals surface area contributed by atoms with E-state index < -0.39 is 36.1 Å². The van der Waals surface area contributed by atoms with Gasteiger partial charge in [-0.1, -0.05) is 29.8 Å². The van der Waals surface area contributed by atoms with Gasteiger partial charge >= 0.3 is 12.0 Å². The molecule has 0 aromatic heterocycles. The molecule has 1 aromatic carbocycles. The third-order valence-electron chi connectivity index (χ3n) is 3.38. The summed E-state index contributed by atoms with van der Waals surface area (Å²) >= 11 is 6.04. The molecule has 1 saturated heterocycles. The number of esters is 1. The lowest BCUT2D eigenvalue weighted by Crippen LogP contribution is -2.41. The molecule has 1 aliphatic heterocycles. The number of urea groups is 1. The van der Waals surface area contributed by atoms with Crippen LogP contribution in [0.3, 0.4) is 0 Å². The summed E-state index contributed by atoms with van der Waals surface area (Å²) in [6, 6.07) is 6.40. The van der Waals surface area contributed by atoms with Crippen molar-refractivity contribution in [3.05, 3.63) is 34.9 Å². The first-order valence-corrected chi connectivity index (χ1v) is 7.18. The summed E-state index contributed by atoms with van der Waals surface area (Å²) in [6.07, 6.45) is -0.574. The Kier molecular flexibility index (Phi) is 4.42. The van der Waals surface area contributed by atoms with E-state index >= 15 is 0 Å². The van der Waals surface area contributed by atoms with Crippen LogP contribution >= 0.6 is 11.6 Å². The van der Waals surface area contributed by atoms with Crippen molar-refractivity contribution in [1.29, 1.82) is 0 Å². The van der Waals surface area contributed by atoms with E-state index in [2.05, 4.69) is 5.32 Å². The Morgan fingerprint density at radius 2 is 2.00 bits per heavy atom. The Labute approximate surface area is 133 Å². The molecule has 1 fully saturated rings. The molecule has 0 aliphatic carbocycles. The normalized spacial score (nSPS) is 18.1. The summed E-state index contributed by atoms with van der Waals surface area (Å²) in [5.74, 6) is -1.13. The van der Waals surface area contributed by atoms with Gasteiger partial charge in [-0.3, -0.25) is 14.5 Å². The molecule has 1 N–H and O–H groups in total. The highest BCUT2D eigenvalue weighted by Gasteiger charge is 2.45. The van der Waals surface area contributed by atoms with Crippen molar-refractivity contribution < 1.29 is 19.1 Å². The SMILES string of the molecule is C[C@H](OC(=O)CN1C(=O)NC(C)(C)C1=O)c1ccccc1Cl. The largest absolute Gasteiger partial charge is 0.456 e. The molecule has 0 unspecified atom stereocenters. The van der Waals surface area contributed by atoms with Crippen LogP contribution in [-0.4, -0.2) is 34.9 Å². The fourth-order valence-corrected chi connectivity index (χ4v) is 2.48. The van der Waals surface area contributed by atoms with Gasteiger partial charge in [-0.2, -0.15) is 0 Å². The van der Waals surface area contributed by atoms with E-state index in [4.69, 9.17) is 16.3 Å². The lowest BCUT2D eigenvalue weighted by Gasteiger charge is -2.18. The lowest BCUT2D eigenvalue weighted by atomic mass is 10.1. The summed E-state index contributed by atoms with van der Waals surface area (Å²) in [5, 5.41) is 2.99. The zero-order valence-corrected chi connectivity index (χ0v) is 13.3. The minimum absolute atomic E-state index is 0.428. The van der Waals surface area contributed by atoms with Gasteiger partial charge in [-0.15, -0.1) is 0 Å². The van der Waals surface area contributed by atoms with Crippen LogP contribution < -0.4 is 5.32 Å². The zero-order chi connectivity index (χ0) is 16.5. The zero-order valence-electron chi connectivity index (χ0n) is 12.6. The summed E-state index contributed by atoms with van der Waals surface area (Å²) in [6.45, 7) is 4.40. The summed E-state index contributed by atoms with van der Waals surface area (Å²) in [5.41, 5.74) is -0.346. The standard InChI is InChI=1S/C15H17ClN2O4/c1-9(10-6-4-5-7-11(10)16)22-12(19)8-18-13(20)15(2,3)17-14(18)21/h4-7,9H,8H2,1-3H3,(H,17,21)/t9-/m0/s1. The van der Waals surface area contributed by atoms with Crippen molar-refractivity contribution in [3.63, 3.8) is 0 Å². The molecule has 1 aliphatic rings. The number of benzene rings is 1. The van der Waals surface area contributed by atoms with Gasteiger partial charge < -0.3 is 10.1 Å². The number of nitrogens with zero attached hydrogens (tertiary/aromatic N) is 1. The number of hydrogen-bond donors (Lipinski definition) is 1. The first kappa shape index (κ1) is 16.3. The van der Waals surface area contributed by atoms with E-state index in [9.17, 15) is 14.4 Å². The van der Waals surface area contributed by atoms with Crippen LogP contribution in [0.15, 0.2) is 24.3 Å². The van der Waals surface area contributed by atoms with Crippen LogP contribution in [0.25, 0.3) is 0 Å². The Hall–Kier alpha value is -2.08. The molecule has 2 rings (SSSR count). The second-order valence-corrected chi connectivity index (χ2v) is 6.01. The second kappa shape index (κ2) is 5.96. The fraction of sp³-hybridized carbons (Fsp3) is 0.400. The van der Waals surface area contributed by atoms with Crippen LogP contribution in [0.2, 0.25) is 5.02 Å². The lowest BCUT2D eigenvalue weighted by molar-refractivity contribution is -0.151. The smallest absolute Gasteiger partial charge is 0.326 e. The minimum Gasteiger partial charge on any atom is -0.456 e. The second-order valence-electron chi connectivity index (χ2n) is 5.60. The predicted molar refractivity (Wildman–Crippen MR) is 80.3 cm³/mol. The molecule has 7 heteroatoms. The molecule has 0 bridgehead atoms. The number of carbonyl (C=O) groups is 3. The molecule has 1 atom stereocenters. The average molecular weight is 325 g/mol. The van der Waals surface area contributed by atoms with Crippen molar-refractivity contribution in [1.82, 2.24) is 10.2 Å². The molecule has 0 saturated carbocycles. The highest BCUT2D eigenvalue weighted by Crippen LogP contribution is 2.25. The van der Waals surface area contributed by atoms with Crippen LogP contribution in [0, 0.1) is 0 Å². The summed E-state index contributed by atoms with van der Waals surface area (Å²) in [7, 11) is 0. The molecule has 3 amide bonds. The van der Waals surface area contributed by atoms with E-state index in [1.807, 2.05) is 0 Å². The third kappa shape index (κ3) is 3.22. The van der Waals surface area contributed by atoms with E-state index in [0.29, 0.717) is 10.6 Å². The van der Waals surface area contributed by atoms with Gasteiger partial charge in [-0.25, -0.2) is 4.79 Å². The van der Waals surface area contributed by atoms with Crippen molar-refractivity contribution in [3.8, 4) is 0 Å². The van der Waals surface area contributed by atoms with Crippen molar-refractivity contribution in [2.45, 2.75) is 32.4 Å². The third-order valence-corrected chi connectivity index (χ3v) is 3.73. The van der Waals surface area contributed by atoms with Gasteiger partial charge in [-0.05, 0) is 26.8 Å². The number of halogens is 1. The quantitative estimate of drug-likeness (QED) is 0.681. The van der Waals surface area contributed by atoms with Crippen molar-refractivity contribution in [2.75, 3.05) is 6.54 Å². The molecule has 22 heavy (non-hydrogen) atoms. The maximum atomic E-state index is 12.0. The molecular formula is C15H17ClN2O4. The molecule has 1 heterocycles. The number of amides is 3. The van der Waals surface area contributed by atoms with E-state index in [0.717, 1.165) is 4.90 Å². The molecule has 1 aromatic rings. The van der Waals surface area contributed by atoms with E-state index in [1.165, 1.54) is 0 Å². The van der Waals surface area contributed by atoms with Crippen LogP contribution in [0.4, 0.5) is 4.79 Å². The van der Waals surface area contributed by atoms with Crippen molar-refractivity contribution in [2.24, 2.45) is 0 Å². The Morgan fingerprint density at radius 1 is 1.36 bits per heavy atom. The van der Waals surface area contributed by atoms with Crippen LogP contribution in [0.1, 0.15) is 32.4 Å². The van der Waals surface area contributed by atoms with E-state index in [-0.39, 0.29) is 0 Å². The molecule has 6 nitrogen and oxygen atoms in total. The number of carbonyl (C=O) groups excluding carboxylic acids is 3. The number of hydrogen-bond acceptors (Lipinski definition) is 4. The van der Waals surface area contributed by atoms with Crippen LogP contribution in [0.5, 0.6) is 0 Å². The van der Waals surface area contributed by atoms with Crippen molar-refractivity contribution >= 4 is 29.5 Å². The maximum Gasteiger partial charge on any atom is 0.326 e. The van der Waals surface area contributed by atoms with Gasteiger partial charge in [0.2, 0.25) is 0 Å². The molecule has 0 radical (unpaired) electrons. The highest BCUT2D eigenvalue weighted by molar-refractivity contribution is 6.31. The van der Waals surface area contributed by atoms with Gasteiger partial charge in [0, 0.05) is 10.6 Å². The van der Waals surface area contributed by atoms with Gasteiger partial charge in [0.25, 0.3) is 5.91 Å². The summed E-state index contributed by atoms with van der Waals surface area (Å²) < 4.78 is 5.25. The Morgan fingerprint density at radius 3 is 2.55 bits per heavy atom. The average Bonchev–Trinajstić information content (AvgIpc) is 2.61. The fourth-order valence-electron chi connectivity index (χ4n) is 2.19. The number of ether oxygens (including phenoxy) is 1. The highest BCUT2D eigenvalue weighted by atomic mass is 35.5. The Balaban J connectivity index is 2.01. The monoisotopic (exact) mass is 324 g/mol. The number of nitrogens with one attached hydrogen (secondary N) is 1. The molecule has 0 spiro atoms. The van der Waals surface area contributed by atoms with E-state index in [1.54, 1.807) is 45.0 Å². The molecular weight excluding hydrogens is 308 g/mol. The van der Waals surface area contributed by atoms with Gasteiger partial charge in [0.05, 0.1) is 0 Å². The van der Waals surface area contributed by atoms with Crippen LogP contribution in [-0.2, 0) is 14.3 Å². The summed E-state index contributed by atoms with van der Waals surface area (Å²) in [4.78, 5) is 36.5. The maximum absolute atomic E-state index is 12.0. The topological polar surface area (TPSA) is 75.7 Å². The predicted octanol–water partition coefficient (Wildman–Crippen LogP) is 2.27. The first-order valence-electron chi connectivity index (χ1n) is 6.80. The molecule has 118 valence electrons. The van der Waals surface area contributed by atoms with Gasteiger partial charge in [0.15, 0.2) is 0 Å². The Bertz CT molecular complexity index is 630. The minimum atomic E-state index is -1.01. The first-order chi connectivity index (χ1) is 10.2.